The molecule has 0 saturated heterocycles. The first kappa shape index (κ1) is 16.0. The summed E-state index contributed by atoms with van der Waals surface area (Å²) in [6.07, 6.45) is 16.8. The summed E-state index contributed by atoms with van der Waals surface area (Å²) in [5.41, 5.74) is 0.407. The van der Waals surface area contributed by atoms with Crippen LogP contribution in [0.4, 0.5) is 0 Å². The summed E-state index contributed by atoms with van der Waals surface area (Å²) in [5.74, 6) is 0. The van der Waals surface area contributed by atoms with Gasteiger partial charge in [-0.3, -0.25) is 0 Å². The molecular weight excluding hydrogens is 218 g/mol. The van der Waals surface area contributed by atoms with Gasteiger partial charge in [0.2, 0.25) is 0 Å². The van der Waals surface area contributed by atoms with Crippen LogP contribution in [0.25, 0.3) is 0 Å². The van der Waals surface area contributed by atoms with Crippen molar-refractivity contribution in [3.05, 3.63) is 0 Å². The molecule has 1 saturated carbocycles. The van der Waals surface area contributed by atoms with E-state index in [1.165, 1.54) is 77.0 Å². The van der Waals surface area contributed by atoms with E-state index in [9.17, 15) is 0 Å². The van der Waals surface area contributed by atoms with Crippen LogP contribution in [-0.4, -0.2) is 11.6 Å². The lowest BCUT2D eigenvalue weighted by Crippen LogP contribution is -2.48. The average Bonchev–Trinajstić information content (AvgIpc) is 2.36. The van der Waals surface area contributed by atoms with Gasteiger partial charge in [0.1, 0.15) is 0 Å². The number of hydrogen-bond acceptors (Lipinski definition) is 1. The molecule has 0 aromatic heterocycles. The summed E-state index contributed by atoms with van der Waals surface area (Å²) in [4.78, 5) is 0. The van der Waals surface area contributed by atoms with Crippen LogP contribution in [0.3, 0.4) is 0 Å². The van der Waals surface area contributed by atoms with E-state index in [0.717, 1.165) is 6.04 Å². The lowest BCUT2D eigenvalue weighted by molar-refractivity contribution is 0.230. The molecule has 1 fully saturated rings. The van der Waals surface area contributed by atoms with Gasteiger partial charge >= 0.3 is 0 Å². The minimum atomic E-state index is 0.407. The van der Waals surface area contributed by atoms with Crippen LogP contribution in [0, 0.1) is 0 Å². The van der Waals surface area contributed by atoms with E-state index in [0.29, 0.717) is 5.54 Å². The van der Waals surface area contributed by atoms with Crippen LogP contribution in [-0.2, 0) is 0 Å². The predicted molar refractivity (Wildman–Crippen MR) is 82.1 cm³/mol. The Morgan fingerprint density at radius 2 is 1.61 bits per heavy atom. The molecule has 0 aromatic rings. The van der Waals surface area contributed by atoms with E-state index in [2.05, 4.69) is 26.1 Å². The summed E-state index contributed by atoms with van der Waals surface area (Å²) in [6.45, 7) is 7.09. The van der Waals surface area contributed by atoms with E-state index in [1.807, 2.05) is 0 Å². The molecule has 1 unspecified atom stereocenters. The third-order valence-electron chi connectivity index (χ3n) is 4.54. The maximum atomic E-state index is 4.01. The molecule has 0 heterocycles. The Kier molecular flexibility index (Phi) is 7.97. The summed E-state index contributed by atoms with van der Waals surface area (Å²) >= 11 is 0. The minimum Gasteiger partial charge on any atom is -0.309 e. The summed E-state index contributed by atoms with van der Waals surface area (Å²) in [6, 6.07) is 0.807. The van der Waals surface area contributed by atoms with Gasteiger partial charge in [-0.05, 0) is 32.6 Å². The Labute approximate surface area is 115 Å². The third kappa shape index (κ3) is 6.22. The molecule has 0 radical (unpaired) electrons. The van der Waals surface area contributed by atoms with Crippen molar-refractivity contribution in [1.29, 1.82) is 0 Å². The topological polar surface area (TPSA) is 12.0 Å². The van der Waals surface area contributed by atoms with Crippen molar-refractivity contribution in [2.75, 3.05) is 0 Å². The number of hydrogen-bond donors (Lipinski definition) is 1. The Bertz CT molecular complexity index is 196. The SMILES string of the molecule is CCCCCCC(C)(CCC)NC1CCCCC1. The van der Waals surface area contributed by atoms with Gasteiger partial charge in [-0.25, -0.2) is 0 Å². The van der Waals surface area contributed by atoms with E-state index < -0.39 is 0 Å². The number of unbranched alkanes of at least 4 members (excludes halogenated alkanes) is 3. The summed E-state index contributed by atoms with van der Waals surface area (Å²) in [7, 11) is 0. The molecule has 18 heavy (non-hydrogen) atoms. The van der Waals surface area contributed by atoms with Gasteiger partial charge in [0.15, 0.2) is 0 Å². The zero-order chi connectivity index (χ0) is 13.3. The molecule has 1 N–H and O–H groups in total. The second-order valence-corrected chi connectivity index (χ2v) is 6.60. The molecule has 0 bridgehead atoms. The third-order valence-corrected chi connectivity index (χ3v) is 4.54. The van der Waals surface area contributed by atoms with Crippen molar-refractivity contribution in [2.45, 2.75) is 109 Å². The zero-order valence-corrected chi connectivity index (χ0v) is 13.1. The monoisotopic (exact) mass is 253 g/mol. The first-order valence-corrected chi connectivity index (χ1v) is 8.48. The quantitative estimate of drug-likeness (QED) is 0.540. The van der Waals surface area contributed by atoms with Gasteiger partial charge in [0.05, 0.1) is 0 Å². The van der Waals surface area contributed by atoms with Crippen LogP contribution in [0.2, 0.25) is 0 Å². The fourth-order valence-corrected chi connectivity index (χ4v) is 3.50. The van der Waals surface area contributed by atoms with Crippen molar-refractivity contribution in [3.63, 3.8) is 0 Å². The molecule has 0 amide bonds. The van der Waals surface area contributed by atoms with E-state index in [1.54, 1.807) is 0 Å². The Morgan fingerprint density at radius 3 is 2.22 bits per heavy atom. The van der Waals surface area contributed by atoms with Crippen LogP contribution in [0.1, 0.15) is 97.8 Å². The van der Waals surface area contributed by atoms with E-state index in [-0.39, 0.29) is 0 Å². The second kappa shape index (κ2) is 8.96. The van der Waals surface area contributed by atoms with Gasteiger partial charge in [-0.2, -0.15) is 0 Å². The highest BCUT2D eigenvalue weighted by Gasteiger charge is 2.26. The van der Waals surface area contributed by atoms with Crippen LogP contribution in [0.5, 0.6) is 0 Å². The second-order valence-electron chi connectivity index (χ2n) is 6.60. The predicted octanol–water partition coefficient (Wildman–Crippen LogP) is 5.44. The van der Waals surface area contributed by atoms with E-state index in [4.69, 9.17) is 0 Å². The summed E-state index contributed by atoms with van der Waals surface area (Å²) < 4.78 is 0. The van der Waals surface area contributed by atoms with E-state index >= 15 is 0 Å². The lowest BCUT2D eigenvalue weighted by Gasteiger charge is -2.37. The molecule has 1 aliphatic carbocycles. The molecule has 1 aliphatic rings. The highest BCUT2D eigenvalue weighted by molar-refractivity contribution is 4.87. The highest BCUT2D eigenvalue weighted by atomic mass is 15.0. The van der Waals surface area contributed by atoms with Crippen LogP contribution in [0.15, 0.2) is 0 Å². The Hall–Kier alpha value is -0.0400. The number of nitrogens with one attached hydrogen (secondary N) is 1. The molecule has 0 aromatic carbocycles. The van der Waals surface area contributed by atoms with Crippen LogP contribution < -0.4 is 5.32 Å². The van der Waals surface area contributed by atoms with Gasteiger partial charge in [-0.1, -0.05) is 65.2 Å². The molecule has 1 heteroatoms. The van der Waals surface area contributed by atoms with Crippen molar-refractivity contribution >= 4 is 0 Å². The smallest absolute Gasteiger partial charge is 0.0155 e. The minimum absolute atomic E-state index is 0.407. The maximum absolute atomic E-state index is 4.01. The van der Waals surface area contributed by atoms with Crippen molar-refractivity contribution in [3.8, 4) is 0 Å². The zero-order valence-electron chi connectivity index (χ0n) is 13.1. The fourth-order valence-electron chi connectivity index (χ4n) is 3.50. The summed E-state index contributed by atoms with van der Waals surface area (Å²) in [5, 5.41) is 4.01. The Morgan fingerprint density at radius 1 is 0.889 bits per heavy atom. The van der Waals surface area contributed by atoms with Crippen molar-refractivity contribution in [2.24, 2.45) is 0 Å². The van der Waals surface area contributed by atoms with Crippen LogP contribution >= 0.6 is 0 Å². The van der Waals surface area contributed by atoms with Gasteiger partial charge in [0.25, 0.3) is 0 Å². The normalized spacial score (nSPS) is 20.8. The average molecular weight is 253 g/mol. The van der Waals surface area contributed by atoms with Gasteiger partial charge < -0.3 is 5.32 Å². The first-order valence-electron chi connectivity index (χ1n) is 8.48. The lowest BCUT2D eigenvalue weighted by atomic mass is 9.86. The van der Waals surface area contributed by atoms with Gasteiger partial charge in [0, 0.05) is 11.6 Å². The van der Waals surface area contributed by atoms with Crippen molar-refractivity contribution < 1.29 is 0 Å². The molecule has 1 atom stereocenters. The molecule has 1 nitrogen and oxygen atoms in total. The highest BCUT2D eigenvalue weighted by Crippen LogP contribution is 2.26. The fraction of sp³-hybridized carbons (Fsp3) is 1.00. The molecule has 1 rings (SSSR count). The largest absolute Gasteiger partial charge is 0.309 e. The molecule has 0 aliphatic heterocycles. The molecule has 108 valence electrons. The first-order chi connectivity index (χ1) is 8.70. The van der Waals surface area contributed by atoms with Crippen molar-refractivity contribution in [1.82, 2.24) is 5.32 Å². The molecular formula is C17H35N. The standard InChI is InChI=1S/C17H35N/c1-4-6-7-11-15-17(3,14-5-2)18-16-12-9-8-10-13-16/h16,18H,4-15H2,1-3H3. The molecule has 0 spiro atoms. The van der Waals surface area contributed by atoms with Gasteiger partial charge in [-0.15, -0.1) is 0 Å². The maximum Gasteiger partial charge on any atom is 0.0155 e. The Balaban J connectivity index is 2.34. The number of rotatable bonds is 9.